The molecule has 180 valence electrons. The van der Waals surface area contributed by atoms with Crippen molar-refractivity contribution in [2.24, 2.45) is 5.92 Å². The molecular weight excluding hydrogens is 450 g/mol. The third-order valence-corrected chi connectivity index (χ3v) is 8.41. The second-order valence-corrected chi connectivity index (χ2v) is 10.6. The minimum Gasteiger partial charge on any atom is -0.388 e. The fourth-order valence-corrected chi connectivity index (χ4v) is 6.34. The molecule has 3 aromatic rings. The molecule has 0 bridgehead atoms. The summed E-state index contributed by atoms with van der Waals surface area (Å²) in [5.74, 6) is -0.957. The zero-order chi connectivity index (χ0) is 24.3. The lowest BCUT2D eigenvalue weighted by molar-refractivity contribution is -0.0942. The number of nitrogens with zero attached hydrogens (tertiary/aromatic N) is 1. The molecule has 0 unspecified atom stereocenters. The molecule has 6 nitrogen and oxygen atoms in total. The Morgan fingerprint density at radius 2 is 1.38 bits per heavy atom. The van der Waals surface area contributed by atoms with Crippen LogP contribution in [0.3, 0.4) is 0 Å². The van der Waals surface area contributed by atoms with Gasteiger partial charge in [0.25, 0.3) is 0 Å². The van der Waals surface area contributed by atoms with Crippen LogP contribution < -0.4 is 0 Å². The lowest BCUT2D eigenvalue weighted by Gasteiger charge is -2.37. The Hall–Kier alpha value is -2.55. The van der Waals surface area contributed by atoms with Gasteiger partial charge in [-0.15, -0.1) is 0 Å². The SMILES string of the molecule is CC[C@@H]1CO[C@H](C([C@@H](O)c2ccccc2)[C@@H](O)c2ccccc2)N1S(=O)(=O)c1ccc(C)cc1. The Morgan fingerprint density at radius 1 is 0.882 bits per heavy atom. The zero-order valence-electron chi connectivity index (χ0n) is 19.4. The first-order valence-corrected chi connectivity index (χ1v) is 13.0. The number of hydrogen-bond donors (Lipinski definition) is 2. The van der Waals surface area contributed by atoms with Crippen LogP contribution in [0, 0.1) is 12.8 Å². The second kappa shape index (κ2) is 10.4. The molecule has 7 heteroatoms. The number of aliphatic hydroxyl groups is 2. The van der Waals surface area contributed by atoms with Crippen molar-refractivity contribution in [3.8, 4) is 0 Å². The van der Waals surface area contributed by atoms with E-state index in [1.54, 1.807) is 72.8 Å². The molecule has 1 saturated heterocycles. The fraction of sp³-hybridized carbons (Fsp3) is 0.333. The number of benzene rings is 3. The van der Waals surface area contributed by atoms with Gasteiger partial charge >= 0.3 is 0 Å². The van der Waals surface area contributed by atoms with Crippen LogP contribution in [0.2, 0.25) is 0 Å². The van der Waals surface area contributed by atoms with Crippen molar-refractivity contribution in [3.63, 3.8) is 0 Å². The number of aliphatic hydroxyl groups excluding tert-OH is 2. The first-order chi connectivity index (χ1) is 16.3. The van der Waals surface area contributed by atoms with Crippen LogP contribution >= 0.6 is 0 Å². The summed E-state index contributed by atoms with van der Waals surface area (Å²) in [5, 5.41) is 22.9. The van der Waals surface area contributed by atoms with Crippen LogP contribution in [0.5, 0.6) is 0 Å². The molecule has 34 heavy (non-hydrogen) atoms. The second-order valence-electron chi connectivity index (χ2n) is 8.72. The molecule has 1 aliphatic heterocycles. The summed E-state index contributed by atoms with van der Waals surface area (Å²) < 4.78 is 35.1. The highest BCUT2D eigenvalue weighted by atomic mass is 32.2. The van der Waals surface area contributed by atoms with Gasteiger partial charge in [0.1, 0.15) is 6.23 Å². The molecule has 4 atom stereocenters. The van der Waals surface area contributed by atoms with Crippen LogP contribution in [0.25, 0.3) is 0 Å². The summed E-state index contributed by atoms with van der Waals surface area (Å²) in [6.07, 6.45) is -2.83. The molecule has 3 aromatic carbocycles. The summed E-state index contributed by atoms with van der Waals surface area (Å²) in [5.41, 5.74) is 2.12. The average Bonchev–Trinajstić information content (AvgIpc) is 3.30. The monoisotopic (exact) mass is 481 g/mol. The van der Waals surface area contributed by atoms with E-state index in [0.717, 1.165) is 5.56 Å². The summed E-state index contributed by atoms with van der Waals surface area (Å²) in [4.78, 5) is 0.161. The Bertz CT molecular complexity index is 1120. The van der Waals surface area contributed by atoms with E-state index in [9.17, 15) is 18.6 Å². The predicted molar refractivity (Wildman–Crippen MR) is 130 cm³/mol. The molecular formula is C27H31NO5S. The van der Waals surface area contributed by atoms with Crippen molar-refractivity contribution < 1.29 is 23.4 Å². The van der Waals surface area contributed by atoms with Crippen LogP contribution in [0.15, 0.2) is 89.8 Å². The van der Waals surface area contributed by atoms with Crippen LogP contribution in [-0.4, -0.2) is 41.8 Å². The molecule has 1 aliphatic rings. The van der Waals surface area contributed by atoms with Crippen LogP contribution in [0.4, 0.5) is 0 Å². The minimum absolute atomic E-state index is 0.161. The largest absolute Gasteiger partial charge is 0.388 e. The summed E-state index contributed by atoms with van der Waals surface area (Å²) >= 11 is 0. The van der Waals surface area contributed by atoms with Gasteiger partial charge in [-0.25, -0.2) is 8.42 Å². The first-order valence-electron chi connectivity index (χ1n) is 11.5. The number of sulfonamides is 1. The molecule has 0 saturated carbocycles. The fourth-order valence-electron chi connectivity index (χ4n) is 4.54. The molecule has 1 heterocycles. The normalized spacial score (nSPS) is 21.0. The molecule has 0 aliphatic carbocycles. The quantitative estimate of drug-likeness (QED) is 0.504. The van der Waals surface area contributed by atoms with Gasteiger partial charge < -0.3 is 14.9 Å². The highest BCUT2D eigenvalue weighted by Crippen LogP contribution is 2.42. The molecule has 4 rings (SSSR count). The van der Waals surface area contributed by atoms with Crippen molar-refractivity contribution in [2.45, 2.75) is 49.6 Å². The Labute approximate surface area is 201 Å². The zero-order valence-corrected chi connectivity index (χ0v) is 20.2. The number of hydrogen-bond acceptors (Lipinski definition) is 5. The molecule has 0 amide bonds. The van der Waals surface area contributed by atoms with Gasteiger partial charge in [0.05, 0.1) is 35.7 Å². The van der Waals surface area contributed by atoms with Crippen molar-refractivity contribution >= 4 is 10.0 Å². The third kappa shape index (κ3) is 4.80. The highest BCUT2D eigenvalue weighted by molar-refractivity contribution is 7.89. The van der Waals surface area contributed by atoms with Gasteiger partial charge in [-0.1, -0.05) is 85.3 Å². The van der Waals surface area contributed by atoms with E-state index >= 15 is 0 Å². The van der Waals surface area contributed by atoms with Crippen molar-refractivity contribution in [2.75, 3.05) is 6.61 Å². The maximum Gasteiger partial charge on any atom is 0.245 e. The standard InChI is InChI=1S/C27H31NO5S/c1-3-22-18-33-27(28(22)34(31,32)23-16-14-19(2)15-17-23)24(25(29)20-10-6-4-7-11-20)26(30)21-12-8-5-9-13-21/h4-17,22,24-27,29-30H,3,18H2,1-2H3/t22-,25+,26+,27-/m1/s1. The van der Waals surface area contributed by atoms with E-state index in [4.69, 9.17) is 4.74 Å². The predicted octanol–water partition coefficient (Wildman–Crippen LogP) is 4.20. The van der Waals surface area contributed by atoms with Crippen LogP contribution in [-0.2, 0) is 14.8 Å². The van der Waals surface area contributed by atoms with E-state index in [0.29, 0.717) is 17.5 Å². The van der Waals surface area contributed by atoms with Gasteiger partial charge in [0, 0.05) is 0 Å². The summed E-state index contributed by atoms with van der Waals surface area (Å²) in [6.45, 7) is 3.99. The lowest BCUT2D eigenvalue weighted by Crippen LogP contribution is -2.48. The highest BCUT2D eigenvalue weighted by Gasteiger charge is 2.50. The number of rotatable bonds is 8. The smallest absolute Gasteiger partial charge is 0.245 e. The molecule has 0 spiro atoms. The maximum atomic E-state index is 13.8. The molecule has 0 aromatic heterocycles. The van der Waals surface area contributed by atoms with Gasteiger partial charge in [-0.05, 0) is 36.6 Å². The third-order valence-electron chi connectivity index (χ3n) is 6.48. The minimum atomic E-state index is -3.96. The maximum absolute atomic E-state index is 13.8. The molecule has 1 fully saturated rings. The Balaban J connectivity index is 1.80. The summed E-state index contributed by atoms with van der Waals surface area (Å²) in [7, 11) is -3.96. The van der Waals surface area contributed by atoms with E-state index in [1.165, 1.54) is 4.31 Å². The Kier molecular flexibility index (Phi) is 7.50. The van der Waals surface area contributed by atoms with Crippen LogP contribution in [0.1, 0.15) is 42.2 Å². The van der Waals surface area contributed by atoms with Gasteiger partial charge in [-0.3, -0.25) is 0 Å². The van der Waals surface area contributed by atoms with E-state index in [-0.39, 0.29) is 11.5 Å². The lowest BCUT2D eigenvalue weighted by atomic mass is 9.85. The topological polar surface area (TPSA) is 87.1 Å². The number of ether oxygens (including phenoxy) is 1. The number of aryl methyl sites for hydroxylation is 1. The average molecular weight is 482 g/mol. The van der Waals surface area contributed by atoms with Crippen molar-refractivity contribution in [1.29, 1.82) is 0 Å². The van der Waals surface area contributed by atoms with Crippen molar-refractivity contribution in [3.05, 3.63) is 102 Å². The molecule has 0 radical (unpaired) electrons. The van der Waals surface area contributed by atoms with Gasteiger partial charge in [0.2, 0.25) is 10.0 Å². The molecule has 2 N–H and O–H groups in total. The Morgan fingerprint density at radius 3 is 1.85 bits per heavy atom. The van der Waals surface area contributed by atoms with Crippen molar-refractivity contribution in [1.82, 2.24) is 4.31 Å². The first kappa shape index (κ1) is 24.6. The summed E-state index contributed by atoms with van der Waals surface area (Å²) in [6, 6.07) is 24.2. The van der Waals surface area contributed by atoms with E-state index in [1.807, 2.05) is 26.0 Å². The van der Waals surface area contributed by atoms with E-state index in [2.05, 4.69) is 0 Å². The van der Waals surface area contributed by atoms with Gasteiger partial charge in [0.15, 0.2) is 0 Å². The van der Waals surface area contributed by atoms with E-state index < -0.39 is 40.4 Å². The van der Waals surface area contributed by atoms with Gasteiger partial charge in [-0.2, -0.15) is 4.31 Å².